The molecule has 0 aliphatic rings. The average molecular weight is 399 g/mol. The van der Waals surface area contributed by atoms with Crippen LogP contribution in [0.4, 0.5) is 0 Å². The van der Waals surface area contributed by atoms with Crippen molar-refractivity contribution in [2.45, 2.75) is 58.2 Å². The van der Waals surface area contributed by atoms with E-state index in [1.807, 2.05) is 0 Å². The molecule has 2 rings (SSSR count). The lowest BCUT2D eigenvalue weighted by molar-refractivity contribution is 0.773. The van der Waals surface area contributed by atoms with Gasteiger partial charge < -0.3 is 4.23 Å². The third kappa shape index (κ3) is 2.37. The summed E-state index contributed by atoms with van der Waals surface area (Å²) < 4.78 is 4.00. The summed E-state index contributed by atoms with van der Waals surface area (Å²) in [6, 6.07) is 9.14. The van der Waals surface area contributed by atoms with E-state index in [9.17, 15) is 0 Å². The van der Waals surface area contributed by atoms with E-state index in [4.69, 9.17) is 0 Å². The first kappa shape index (κ1) is 16.1. The van der Waals surface area contributed by atoms with Gasteiger partial charge in [-0.1, -0.05) is 41.5 Å². The molecule has 0 fully saturated rings. The molecule has 20 heavy (non-hydrogen) atoms. The molecule has 0 unspecified atom stereocenters. The normalized spacial score (nSPS) is 13.1. The van der Waals surface area contributed by atoms with E-state index < -0.39 is 8.24 Å². The van der Waals surface area contributed by atoms with Crippen molar-refractivity contribution in [1.82, 2.24) is 4.23 Å². The van der Waals surface area contributed by atoms with Crippen molar-refractivity contribution in [3.8, 4) is 0 Å². The van der Waals surface area contributed by atoms with E-state index in [-0.39, 0.29) is 0 Å². The van der Waals surface area contributed by atoms with Crippen molar-refractivity contribution in [2.75, 3.05) is 0 Å². The van der Waals surface area contributed by atoms with Crippen LogP contribution in [0, 0.1) is 3.57 Å². The maximum Gasteiger partial charge on any atom is 0.169 e. The lowest BCUT2D eigenvalue weighted by Gasteiger charge is -2.44. The topological polar surface area (TPSA) is 4.93 Å². The number of fused-ring (bicyclic) bond motifs is 1. The van der Waals surface area contributed by atoms with Gasteiger partial charge in [-0.3, -0.25) is 0 Å². The molecule has 0 aliphatic carbocycles. The van der Waals surface area contributed by atoms with Crippen LogP contribution >= 0.6 is 22.6 Å². The van der Waals surface area contributed by atoms with Gasteiger partial charge >= 0.3 is 0 Å². The minimum absolute atomic E-state index is 0.734. The molecule has 0 aliphatic heterocycles. The maximum absolute atomic E-state index is 2.68. The molecule has 0 bridgehead atoms. The molecule has 1 nitrogen and oxygen atoms in total. The number of halogens is 1. The molecular formula is C17H26INSi. The van der Waals surface area contributed by atoms with Gasteiger partial charge in [0.2, 0.25) is 0 Å². The summed E-state index contributed by atoms with van der Waals surface area (Å²) in [5, 5.41) is 1.38. The van der Waals surface area contributed by atoms with Gasteiger partial charge in [0.15, 0.2) is 8.24 Å². The quantitative estimate of drug-likeness (QED) is 0.422. The van der Waals surface area contributed by atoms with E-state index in [0.29, 0.717) is 0 Å². The number of benzene rings is 1. The molecule has 0 spiro atoms. The molecule has 110 valence electrons. The van der Waals surface area contributed by atoms with Crippen LogP contribution < -0.4 is 0 Å². The van der Waals surface area contributed by atoms with Gasteiger partial charge in [-0.15, -0.1) is 0 Å². The molecule has 1 aromatic heterocycles. The molecule has 0 N–H and O–H groups in total. The predicted octanol–water partition coefficient (Wildman–Crippen LogP) is 6.27. The lowest BCUT2D eigenvalue weighted by atomic mass is 10.3. The van der Waals surface area contributed by atoms with Crippen LogP contribution in [0.5, 0.6) is 0 Å². The fourth-order valence-corrected chi connectivity index (χ4v) is 11.4. The van der Waals surface area contributed by atoms with Gasteiger partial charge in [0, 0.05) is 9.09 Å². The first-order valence-electron chi connectivity index (χ1n) is 7.58. The smallest absolute Gasteiger partial charge is 0.169 e. The third-order valence-corrected chi connectivity index (χ3v) is 12.3. The zero-order valence-corrected chi connectivity index (χ0v) is 16.6. The first-order chi connectivity index (χ1) is 9.31. The summed E-state index contributed by atoms with van der Waals surface area (Å²) in [5.74, 6) is 0. The van der Waals surface area contributed by atoms with E-state index in [0.717, 1.165) is 16.6 Å². The lowest BCUT2D eigenvalue weighted by Crippen LogP contribution is -2.51. The highest BCUT2D eigenvalue weighted by Crippen LogP contribution is 2.44. The van der Waals surface area contributed by atoms with E-state index in [1.54, 1.807) is 0 Å². The second kappa shape index (κ2) is 5.83. The minimum Gasteiger partial charge on any atom is -0.373 e. The zero-order valence-electron chi connectivity index (χ0n) is 13.4. The molecule has 3 heteroatoms. The summed E-state index contributed by atoms with van der Waals surface area (Å²) in [7, 11) is -1.62. The molecule has 2 aromatic rings. The van der Waals surface area contributed by atoms with Crippen molar-refractivity contribution in [3.63, 3.8) is 0 Å². The molecule has 0 atom stereocenters. The van der Waals surface area contributed by atoms with Crippen LogP contribution in [0.1, 0.15) is 41.5 Å². The van der Waals surface area contributed by atoms with Crippen molar-refractivity contribution >= 4 is 41.7 Å². The molecular weight excluding hydrogens is 373 g/mol. The van der Waals surface area contributed by atoms with Crippen molar-refractivity contribution < 1.29 is 0 Å². The fraction of sp³-hybridized carbons (Fsp3) is 0.529. The Balaban J connectivity index is 2.75. The minimum atomic E-state index is -1.62. The zero-order chi connectivity index (χ0) is 15.1. The van der Waals surface area contributed by atoms with Gasteiger partial charge in [0.05, 0.1) is 0 Å². The van der Waals surface area contributed by atoms with Crippen LogP contribution in [-0.4, -0.2) is 12.5 Å². The highest BCUT2D eigenvalue weighted by molar-refractivity contribution is 14.1. The number of hydrogen-bond acceptors (Lipinski definition) is 0. The molecule has 0 radical (unpaired) electrons. The number of rotatable bonds is 4. The van der Waals surface area contributed by atoms with Gasteiger partial charge in [-0.2, -0.15) is 0 Å². The first-order valence-corrected chi connectivity index (χ1v) is 10.8. The Labute approximate surface area is 138 Å². The Morgan fingerprint density at radius 1 is 0.900 bits per heavy atom. The molecule has 0 saturated heterocycles. The predicted molar refractivity (Wildman–Crippen MR) is 101 cm³/mol. The van der Waals surface area contributed by atoms with Gasteiger partial charge in [-0.25, -0.2) is 0 Å². The van der Waals surface area contributed by atoms with Crippen LogP contribution in [0.25, 0.3) is 10.9 Å². The van der Waals surface area contributed by atoms with E-state index in [1.165, 1.54) is 14.5 Å². The Bertz CT molecular complexity index is 576. The van der Waals surface area contributed by atoms with Gasteiger partial charge in [-0.05, 0) is 75.1 Å². The molecule has 0 amide bonds. The van der Waals surface area contributed by atoms with Gasteiger partial charge in [0.25, 0.3) is 0 Å². The summed E-state index contributed by atoms with van der Waals surface area (Å²) in [4.78, 5) is 0. The highest BCUT2D eigenvalue weighted by atomic mass is 127. The van der Waals surface area contributed by atoms with Crippen LogP contribution in [0.15, 0.2) is 30.5 Å². The standard InChI is InChI=1S/C17H26INSi/c1-12(2)20(13(3)4,14(5)6)19-10-9-15-11-16(18)7-8-17(15)19/h7-14H,1-6H3. The maximum atomic E-state index is 2.68. The van der Waals surface area contributed by atoms with Crippen molar-refractivity contribution in [3.05, 3.63) is 34.0 Å². The monoisotopic (exact) mass is 399 g/mol. The largest absolute Gasteiger partial charge is 0.373 e. The number of aromatic nitrogens is 1. The Kier molecular flexibility index (Phi) is 4.69. The third-order valence-electron chi connectivity index (χ3n) is 4.84. The van der Waals surface area contributed by atoms with Crippen LogP contribution in [-0.2, 0) is 0 Å². The second-order valence-corrected chi connectivity index (χ2v) is 13.7. The summed E-state index contributed by atoms with van der Waals surface area (Å²) in [5.41, 5.74) is 3.63. The van der Waals surface area contributed by atoms with Crippen LogP contribution in [0.3, 0.4) is 0 Å². The van der Waals surface area contributed by atoms with Crippen molar-refractivity contribution in [1.29, 1.82) is 0 Å². The molecule has 0 saturated carbocycles. The highest BCUT2D eigenvalue weighted by Gasteiger charge is 2.45. The van der Waals surface area contributed by atoms with Crippen LogP contribution in [0.2, 0.25) is 16.6 Å². The second-order valence-electron chi connectivity index (χ2n) is 6.74. The fourth-order valence-electron chi connectivity index (χ4n) is 4.29. The molecule has 1 heterocycles. The van der Waals surface area contributed by atoms with E-state index >= 15 is 0 Å². The number of nitrogens with zero attached hydrogens (tertiary/aromatic N) is 1. The Hall–Kier alpha value is -0.293. The summed E-state index contributed by atoms with van der Waals surface area (Å²) in [6.07, 6.45) is 2.35. The number of hydrogen-bond donors (Lipinski definition) is 0. The summed E-state index contributed by atoms with van der Waals surface area (Å²) >= 11 is 2.40. The summed E-state index contributed by atoms with van der Waals surface area (Å²) in [6.45, 7) is 14.5. The Morgan fingerprint density at radius 3 is 1.95 bits per heavy atom. The van der Waals surface area contributed by atoms with Gasteiger partial charge in [0.1, 0.15) is 0 Å². The SMILES string of the molecule is CC(C)[Si](C(C)C)(C(C)C)n1ccc2cc(I)ccc21. The van der Waals surface area contributed by atoms with Crippen molar-refractivity contribution in [2.24, 2.45) is 0 Å². The Morgan fingerprint density at radius 2 is 1.45 bits per heavy atom. The molecule has 1 aromatic carbocycles. The average Bonchev–Trinajstić information content (AvgIpc) is 2.72. The van der Waals surface area contributed by atoms with E-state index in [2.05, 4.69) is 98.8 Å².